The number of fused-ring (bicyclic) bond motifs is 1. The normalized spacial score (nSPS) is 22.6. The summed E-state index contributed by atoms with van der Waals surface area (Å²) in [5.41, 5.74) is 8.09. The molecule has 2 aliphatic rings. The van der Waals surface area contributed by atoms with Crippen molar-refractivity contribution >= 4 is 5.91 Å². The van der Waals surface area contributed by atoms with Crippen LogP contribution in [0.5, 0.6) is 11.5 Å². The number of amides is 1. The van der Waals surface area contributed by atoms with Gasteiger partial charge in [-0.05, 0) is 23.3 Å². The van der Waals surface area contributed by atoms with Crippen LogP contribution in [0.15, 0.2) is 48.5 Å². The van der Waals surface area contributed by atoms with Gasteiger partial charge in [-0.3, -0.25) is 4.79 Å². The molecule has 2 aromatic rings. The lowest BCUT2D eigenvalue weighted by molar-refractivity contribution is -0.150. The van der Waals surface area contributed by atoms with E-state index >= 15 is 0 Å². The van der Waals surface area contributed by atoms with Gasteiger partial charge in [0.2, 0.25) is 12.7 Å². The minimum absolute atomic E-state index is 0.0217. The van der Waals surface area contributed by atoms with Crippen LogP contribution < -0.4 is 15.2 Å². The van der Waals surface area contributed by atoms with Crippen molar-refractivity contribution in [1.29, 1.82) is 0 Å². The number of nitrogens with two attached hydrogens (primary N) is 1. The second-order valence-electron chi connectivity index (χ2n) is 5.54. The number of benzene rings is 2. The summed E-state index contributed by atoms with van der Waals surface area (Å²) in [5, 5.41) is 0. The Morgan fingerprint density at radius 3 is 2.68 bits per heavy atom. The molecule has 4 rings (SSSR count). The molecule has 0 radical (unpaired) electrons. The van der Waals surface area contributed by atoms with Crippen LogP contribution in [-0.2, 0) is 11.3 Å². The number of likely N-dealkylation sites (tertiary alicyclic amines) is 1. The molecule has 0 aliphatic carbocycles. The number of hydrogen-bond acceptors (Lipinski definition) is 4. The fourth-order valence-electron chi connectivity index (χ4n) is 3.02. The summed E-state index contributed by atoms with van der Waals surface area (Å²) in [7, 11) is 0. The quantitative estimate of drug-likeness (QED) is 0.878. The van der Waals surface area contributed by atoms with Gasteiger partial charge in [0.15, 0.2) is 11.5 Å². The molecule has 0 spiro atoms. The van der Waals surface area contributed by atoms with Crippen molar-refractivity contribution in [3.05, 3.63) is 59.7 Å². The second-order valence-corrected chi connectivity index (χ2v) is 5.54. The number of carbonyl (C=O) groups is 1. The van der Waals surface area contributed by atoms with Gasteiger partial charge in [0, 0.05) is 6.54 Å². The van der Waals surface area contributed by atoms with E-state index < -0.39 is 6.04 Å². The van der Waals surface area contributed by atoms with E-state index in [-0.39, 0.29) is 18.7 Å². The molecule has 2 atom stereocenters. The first kappa shape index (κ1) is 13.2. The van der Waals surface area contributed by atoms with Gasteiger partial charge in [-0.15, -0.1) is 0 Å². The lowest BCUT2D eigenvalue weighted by atomic mass is 9.88. The van der Waals surface area contributed by atoms with E-state index in [9.17, 15) is 4.79 Å². The number of ether oxygens (including phenoxy) is 2. The second kappa shape index (κ2) is 5.03. The lowest BCUT2D eigenvalue weighted by Crippen LogP contribution is -2.62. The summed E-state index contributed by atoms with van der Waals surface area (Å²) >= 11 is 0. The van der Waals surface area contributed by atoms with E-state index in [0.717, 1.165) is 16.9 Å². The number of nitrogens with zero attached hydrogens (tertiary/aromatic N) is 1. The van der Waals surface area contributed by atoms with E-state index in [1.54, 1.807) is 4.90 Å². The standard InChI is InChI=1S/C17H16N2O3/c18-15-16(12-6-7-13-14(8-12)22-10-21-13)19(17(15)20)9-11-4-2-1-3-5-11/h1-8,15-16H,9-10,18H2/t15-,16-/m1/s1. The van der Waals surface area contributed by atoms with Crippen molar-refractivity contribution in [3.63, 3.8) is 0 Å². The molecule has 2 aliphatic heterocycles. The molecule has 0 saturated carbocycles. The van der Waals surface area contributed by atoms with Crippen molar-refractivity contribution in [2.45, 2.75) is 18.6 Å². The van der Waals surface area contributed by atoms with Gasteiger partial charge in [-0.2, -0.15) is 0 Å². The van der Waals surface area contributed by atoms with Crippen LogP contribution >= 0.6 is 0 Å². The summed E-state index contributed by atoms with van der Waals surface area (Å²) in [6, 6.07) is 15.0. The molecule has 0 bridgehead atoms. The highest BCUT2D eigenvalue weighted by molar-refractivity contribution is 5.89. The van der Waals surface area contributed by atoms with Crippen LogP contribution in [0.3, 0.4) is 0 Å². The van der Waals surface area contributed by atoms with E-state index in [2.05, 4.69) is 0 Å². The summed E-state index contributed by atoms with van der Waals surface area (Å²) in [4.78, 5) is 13.9. The Morgan fingerprint density at radius 1 is 1.09 bits per heavy atom. The third-order valence-corrected chi connectivity index (χ3v) is 4.18. The summed E-state index contributed by atoms with van der Waals surface area (Å²) in [6.45, 7) is 0.800. The number of carbonyl (C=O) groups excluding carboxylic acids is 1. The maximum absolute atomic E-state index is 12.1. The van der Waals surface area contributed by atoms with Crippen LogP contribution in [0.25, 0.3) is 0 Å². The van der Waals surface area contributed by atoms with Crippen molar-refractivity contribution in [2.75, 3.05) is 6.79 Å². The van der Waals surface area contributed by atoms with Crippen LogP contribution in [0.1, 0.15) is 17.2 Å². The Hall–Kier alpha value is -2.53. The third kappa shape index (κ3) is 2.02. The van der Waals surface area contributed by atoms with Crippen LogP contribution in [0.4, 0.5) is 0 Å². The van der Waals surface area contributed by atoms with E-state index in [0.29, 0.717) is 12.3 Å². The average molecular weight is 296 g/mol. The molecule has 2 heterocycles. The summed E-state index contributed by atoms with van der Waals surface area (Å²) in [5.74, 6) is 1.42. The molecule has 1 fully saturated rings. The Balaban J connectivity index is 1.61. The zero-order valence-corrected chi connectivity index (χ0v) is 11.9. The Kier molecular flexibility index (Phi) is 3.01. The number of rotatable bonds is 3. The van der Waals surface area contributed by atoms with Gasteiger partial charge in [0.1, 0.15) is 6.04 Å². The Bertz CT molecular complexity index is 717. The molecule has 5 nitrogen and oxygen atoms in total. The minimum Gasteiger partial charge on any atom is -0.454 e. The molecule has 1 saturated heterocycles. The zero-order chi connectivity index (χ0) is 15.1. The molecule has 2 aromatic carbocycles. The van der Waals surface area contributed by atoms with Crippen molar-refractivity contribution in [2.24, 2.45) is 5.73 Å². The summed E-state index contributed by atoms with van der Waals surface area (Å²) < 4.78 is 10.7. The first-order valence-electron chi connectivity index (χ1n) is 7.23. The predicted molar refractivity (Wildman–Crippen MR) is 80.3 cm³/mol. The molecule has 2 N–H and O–H groups in total. The molecular formula is C17H16N2O3. The number of hydrogen-bond donors (Lipinski definition) is 1. The van der Waals surface area contributed by atoms with E-state index in [4.69, 9.17) is 15.2 Å². The highest BCUT2D eigenvalue weighted by Crippen LogP contribution is 2.40. The number of β-lactam (4-membered cyclic amide) rings is 1. The summed E-state index contributed by atoms with van der Waals surface area (Å²) in [6.07, 6.45) is 0. The van der Waals surface area contributed by atoms with Gasteiger partial charge in [-0.25, -0.2) is 0 Å². The van der Waals surface area contributed by atoms with Gasteiger partial charge in [-0.1, -0.05) is 36.4 Å². The maximum atomic E-state index is 12.1. The van der Waals surface area contributed by atoms with Gasteiger partial charge < -0.3 is 20.1 Å². The van der Waals surface area contributed by atoms with Gasteiger partial charge in [0.05, 0.1) is 6.04 Å². The lowest BCUT2D eigenvalue weighted by Gasteiger charge is -2.45. The van der Waals surface area contributed by atoms with Crippen molar-refractivity contribution < 1.29 is 14.3 Å². The predicted octanol–water partition coefficient (Wildman–Crippen LogP) is 1.83. The van der Waals surface area contributed by atoms with Gasteiger partial charge in [0.25, 0.3) is 0 Å². The molecule has 112 valence electrons. The highest BCUT2D eigenvalue weighted by atomic mass is 16.7. The highest BCUT2D eigenvalue weighted by Gasteiger charge is 2.45. The van der Waals surface area contributed by atoms with Crippen LogP contribution in [-0.4, -0.2) is 23.6 Å². The smallest absolute Gasteiger partial charge is 0.242 e. The van der Waals surface area contributed by atoms with Crippen LogP contribution in [0.2, 0.25) is 0 Å². The van der Waals surface area contributed by atoms with E-state index in [1.807, 2.05) is 48.5 Å². The molecule has 5 heteroatoms. The molecule has 0 unspecified atom stereocenters. The largest absolute Gasteiger partial charge is 0.454 e. The minimum atomic E-state index is -0.496. The monoisotopic (exact) mass is 296 g/mol. The molecule has 22 heavy (non-hydrogen) atoms. The first-order chi connectivity index (χ1) is 10.7. The molecule has 1 amide bonds. The van der Waals surface area contributed by atoms with Crippen molar-refractivity contribution in [3.8, 4) is 11.5 Å². The Morgan fingerprint density at radius 2 is 1.86 bits per heavy atom. The fraction of sp³-hybridized carbons (Fsp3) is 0.235. The Labute approximate surface area is 128 Å². The maximum Gasteiger partial charge on any atom is 0.242 e. The molecular weight excluding hydrogens is 280 g/mol. The van der Waals surface area contributed by atoms with E-state index in [1.165, 1.54) is 0 Å². The molecule has 0 aromatic heterocycles. The SMILES string of the molecule is N[C@H]1C(=O)N(Cc2ccccc2)[C@@H]1c1ccc2c(c1)OCO2. The van der Waals surface area contributed by atoms with Gasteiger partial charge >= 0.3 is 0 Å². The third-order valence-electron chi connectivity index (χ3n) is 4.18. The average Bonchev–Trinajstić information content (AvgIpc) is 3.02. The topological polar surface area (TPSA) is 64.8 Å². The fourth-order valence-corrected chi connectivity index (χ4v) is 3.02. The first-order valence-corrected chi connectivity index (χ1v) is 7.23. The van der Waals surface area contributed by atoms with Crippen molar-refractivity contribution in [1.82, 2.24) is 4.90 Å². The zero-order valence-electron chi connectivity index (χ0n) is 11.9. The van der Waals surface area contributed by atoms with Crippen LogP contribution in [0, 0.1) is 0 Å².